The van der Waals surface area contributed by atoms with Gasteiger partial charge in [-0.15, -0.1) is 0 Å². The van der Waals surface area contributed by atoms with Gasteiger partial charge in [0.2, 0.25) is 0 Å². The van der Waals surface area contributed by atoms with Gasteiger partial charge in [0, 0.05) is 6.07 Å². The molecule has 1 aromatic carbocycles. The molecule has 0 radical (unpaired) electrons. The molecule has 0 atom stereocenters. The number of rotatable bonds is 2. The SMILES string of the molecule is Cc1cccc(C)c1-[n+]1c(-c2cnc3sc(F)nc3n2)nn2ccccc21. The molecule has 6 nitrogen and oxygen atoms in total. The summed E-state index contributed by atoms with van der Waals surface area (Å²) in [6.07, 6.45) is 3.50. The van der Waals surface area contributed by atoms with E-state index in [2.05, 4.69) is 45.5 Å². The molecule has 5 rings (SSSR count). The predicted molar refractivity (Wildman–Crippen MR) is 100 cm³/mol. The largest absolute Gasteiger partial charge is 0.334 e. The Morgan fingerprint density at radius 2 is 1.85 bits per heavy atom. The van der Waals surface area contributed by atoms with Crippen molar-refractivity contribution in [2.45, 2.75) is 13.8 Å². The molecule has 5 aromatic rings. The molecule has 0 N–H and O–H groups in total. The van der Waals surface area contributed by atoms with Crippen molar-refractivity contribution in [3.05, 3.63) is 65.2 Å². The predicted octanol–water partition coefficient (Wildman–Crippen LogP) is 3.43. The highest BCUT2D eigenvalue weighted by Gasteiger charge is 2.27. The summed E-state index contributed by atoms with van der Waals surface area (Å²) >= 11 is 0.883. The van der Waals surface area contributed by atoms with Gasteiger partial charge in [0.1, 0.15) is 11.9 Å². The minimum atomic E-state index is -0.542. The molecule has 0 unspecified atom stereocenters. The normalized spacial score (nSPS) is 11.5. The molecule has 0 aliphatic heterocycles. The average molecular weight is 377 g/mol. The third kappa shape index (κ3) is 2.48. The molecule has 0 fully saturated rings. The van der Waals surface area contributed by atoms with Crippen LogP contribution in [0.1, 0.15) is 11.1 Å². The highest BCUT2D eigenvalue weighted by atomic mass is 32.1. The van der Waals surface area contributed by atoms with Gasteiger partial charge in [0.15, 0.2) is 16.2 Å². The molecular weight excluding hydrogens is 363 g/mol. The summed E-state index contributed by atoms with van der Waals surface area (Å²) in [7, 11) is 0. The maximum Gasteiger partial charge on any atom is 0.334 e. The number of aryl methyl sites for hydroxylation is 2. The van der Waals surface area contributed by atoms with E-state index in [4.69, 9.17) is 5.10 Å². The van der Waals surface area contributed by atoms with Crippen LogP contribution in [0.4, 0.5) is 4.39 Å². The number of thiazole rings is 1. The van der Waals surface area contributed by atoms with Gasteiger partial charge in [-0.1, -0.05) is 40.1 Å². The molecular formula is C19H14FN6S+. The molecule has 0 aliphatic carbocycles. The molecule has 4 heterocycles. The van der Waals surface area contributed by atoms with Gasteiger partial charge in [-0.2, -0.15) is 13.9 Å². The summed E-state index contributed by atoms with van der Waals surface area (Å²) in [5.74, 6) is 0.626. The number of aromatic nitrogens is 6. The third-order valence-electron chi connectivity index (χ3n) is 4.45. The molecule has 8 heteroatoms. The maximum atomic E-state index is 13.5. The van der Waals surface area contributed by atoms with Crippen molar-refractivity contribution in [2.75, 3.05) is 0 Å². The molecule has 0 spiro atoms. The Hall–Kier alpha value is -3.26. The molecule has 0 aliphatic rings. The van der Waals surface area contributed by atoms with Crippen LogP contribution in [0.15, 0.2) is 48.8 Å². The maximum absolute atomic E-state index is 13.5. The van der Waals surface area contributed by atoms with E-state index in [9.17, 15) is 4.39 Å². The van der Waals surface area contributed by atoms with Crippen molar-refractivity contribution in [3.63, 3.8) is 0 Å². The Balaban J connectivity index is 1.86. The number of nitrogens with zero attached hydrogens (tertiary/aromatic N) is 6. The Morgan fingerprint density at radius 1 is 1.04 bits per heavy atom. The second-order valence-corrected chi connectivity index (χ2v) is 7.18. The summed E-state index contributed by atoms with van der Waals surface area (Å²) < 4.78 is 17.3. The van der Waals surface area contributed by atoms with Gasteiger partial charge in [-0.3, -0.25) is 0 Å². The summed E-state index contributed by atoms with van der Waals surface area (Å²) in [4.78, 5) is 13.1. The highest BCUT2D eigenvalue weighted by Crippen LogP contribution is 2.23. The fourth-order valence-corrected chi connectivity index (χ4v) is 3.87. The van der Waals surface area contributed by atoms with Crippen LogP contribution in [0.25, 0.3) is 33.3 Å². The summed E-state index contributed by atoms with van der Waals surface area (Å²) in [6.45, 7) is 4.13. The zero-order chi connectivity index (χ0) is 18.5. The number of hydrogen-bond acceptors (Lipinski definition) is 5. The zero-order valence-corrected chi connectivity index (χ0v) is 15.4. The quantitative estimate of drug-likeness (QED) is 0.442. The van der Waals surface area contributed by atoms with Crippen LogP contribution < -0.4 is 4.57 Å². The second-order valence-electron chi connectivity index (χ2n) is 6.25. The smallest absolute Gasteiger partial charge is 0.239 e. The van der Waals surface area contributed by atoms with Crippen molar-refractivity contribution in [3.8, 4) is 17.2 Å². The van der Waals surface area contributed by atoms with Crippen LogP contribution in [0, 0.1) is 19.1 Å². The molecule has 4 aromatic heterocycles. The molecule has 27 heavy (non-hydrogen) atoms. The van der Waals surface area contributed by atoms with Crippen LogP contribution in [0.3, 0.4) is 0 Å². The summed E-state index contributed by atoms with van der Waals surface area (Å²) in [5.41, 5.74) is 5.01. The second kappa shape index (κ2) is 5.88. The average Bonchev–Trinajstić information content (AvgIpc) is 3.21. The van der Waals surface area contributed by atoms with E-state index in [1.807, 2.05) is 30.5 Å². The highest BCUT2D eigenvalue weighted by molar-refractivity contribution is 7.16. The number of para-hydroxylation sites is 1. The van der Waals surface area contributed by atoms with Crippen molar-refractivity contribution in [2.24, 2.45) is 0 Å². The molecule has 0 amide bonds. The van der Waals surface area contributed by atoms with Crippen molar-refractivity contribution >= 4 is 27.5 Å². The molecule has 132 valence electrons. The lowest BCUT2D eigenvalue weighted by Crippen LogP contribution is -2.34. The number of hydrogen-bond donors (Lipinski definition) is 0. The standard InChI is InChI=1S/C19H14FN6S/c1-11-6-5-7-12(2)15(11)26-14-8-3-4-9-25(14)24-17(26)13-10-21-18-16(22-13)23-19(20)27-18/h3-10H,1-2H3/q+1. The Bertz CT molecular complexity index is 1300. The lowest BCUT2D eigenvalue weighted by atomic mass is 10.1. The fourth-order valence-electron chi connectivity index (χ4n) is 3.29. The first-order valence-electron chi connectivity index (χ1n) is 8.37. The van der Waals surface area contributed by atoms with Gasteiger partial charge in [-0.25, -0.2) is 9.97 Å². The van der Waals surface area contributed by atoms with Crippen LogP contribution in [0.2, 0.25) is 0 Å². The van der Waals surface area contributed by atoms with Gasteiger partial charge in [-0.05, 0) is 31.0 Å². The first kappa shape index (κ1) is 16.0. The Kier molecular flexibility index (Phi) is 3.48. The minimum Gasteiger partial charge on any atom is -0.239 e. The first-order chi connectivity index (χ1) is 13.1. The number of fused-ring (bicyclic) bond motifs is 2. The van der Waals surface area contributed by atoms with E-state index < -0.39 is 5.26 Å². The van der Waals surface area contributed by atoms with E-state index >= 15 is 0 Å². The summed E-state index contributed by atoms with van der Waals surface area (Å²) in [5, 5.41) is 4.17. The fraction of sp³-hybridized carbons (Fsp3) is 0.105. The first-order valence-corrected chi connectivity index (χ1v) is 9.19. The van der Waals surface area contributed by atoms with Crippen LogP contribution >= 0.6 is 11.3 Å². The van der Waals surface area contributed by atoms with E-state index in [1.165, 1.54) is 0 Å². The van der Waals surface area contributed by atoms with Crippen LogP contribution in [-0.2, 0) is 0 Å². The van der Waals surface area contributed by atoms with E-state index in [0.29, 0.717) is 22.0 Å². The topological polar surface area (TPSA) is 59.8 Å². The van der Waals surface area contributed by atoms with E-state index in [0.717, 1.165) is 33.8 Å². The van der Waals surface area contributed by atoms with Gasteiger partial charge >= 0.3 is 5.82 Å². The number of benzene rings is 1. The molecule has 0 saturated heterocycles. The molecule has 0 bridgehead atoms. The van der Waals surface area contributed by atoms with Crippen molar-refractivity contribution in [1.29, 1.82) is 0 Å². The van der Waals surface area contributed by atoms with E-state index in [-0.39, 0.29) is 0 Å². The van der Waals surface area contributed by atoms with Gasteiger partial charge < -0.3 is 0 Å². The van der Waals surface area contributed by atoms with Crippen molar-refractivity contribution in [1.82, 2.24) is 24.6 Å². The van der Waals surface area contributed by atoms with Crippen LogP contribution in [-0.4, -0.2) is 24.6 Å². The van der Waals surface area contributed by atoms with E-state index in [1.54, 1.807) is 10.7 Å². The minimum absolute atomic E-state index is 0.292. The Morgan fingerprint density at radius 3 is 2.67 bits per heavy atom. The van der Waals surface area contributed by atoms with Crippen LogP contribution in [0.5, 0.6) is 0 Å². The number of pyridine rings is 1. The van der Waals surface area contributed by atoms with Gasteiger partial charge in [0.25, 0.3) is 10.9 Å². The van der Waals surface area contributed by atoms with Crippen molar-refractivity contribution < 1.29 is 8.96 Å². The third-order valence-corrected chi connectivity index (χ3v) is 5.19. The lowest BCUT2D eigenvalue weighted by molar-refractivity contribution is -0.557. The van der Waals surface area contributed by atoms with Gasteiger partial charge in [0.05, 0.1) is 11.3 Å². The monoisotopic (exact) mass is 377 g/mol. The lowest BCUT2D eigenvalue weighted by Gasteiger charge is -2.08. The molecule has 0 saturated carbocycles. The zero-order valence-electron chi connectivity index (χ0n) is 14.6. The Labute approximate surface area is 157 Å². The summed E-state index contributed by atoms with van der Waals surface area (Å²) in [6, 6.07) is 12.0. The number of halogens is 1.